The second kappa shape index (κ2) is 5.85. The number of benzene rings is 2. The molecule has 0 fully saturated rings. The molecule has 2 rings (SSSR count). The molecule has 18 heavy (non-hydrogen) atoms. The minimum absolute atomic E-state index is 0.00928. The van der Waals surface area contributed by atoms with Gasteiger partial charge in [-0.15, -0.1) is 0 Å². The molecule has 1 amide bonds. The summed E-state index contributed by atoms with van der Waals surface area (Å²) in [4.78, 5) is 11.7. The Hall–Kier alpha value is -0.870. The summed E-state index contributed by atoms with van der Waals surface area (Å²) in [5, 5.41) is 5.09. The lowest BCUT2D eigenvalue weighted by Crippen LogP contribution is -2.22. The lowest BCUT2D eigenvalue weighted by Gasteiger charge is -2.12. The van der Waals surface area contributed by atoms with Gasteiger partial charge in [-0.25, -0.2) is 0 Å². The molecule has 0 aliphatic heterocycles. The number of anilines is 1. The number of nitrogens with one attached hydrogen (secondary N) is 1. The highest BCUT2D eigenvalue weighted by molar-refractivity contribution is 9.10. The number of carbonyl (C=O) groups excluding carboxylic acids is 1. The lowest BCUT2D eigenvalue weighted by molar-refractivity contribution is -0.115. The quantitative estimate of drug-likeness (QED) is 0.778. The molecule has 1 unspecified atom stereocenters. The zero-order valence-electron chi connectivity index (χ0n) is 9.91. The van der Waals surface area contributed by atoms with E-state index in [1.165, 1.54) is 0 Å². The Morgan fingerprint density at radius 2 is 1.89 bits per heavy atom. The van der Waals surface area contributed by atoms with Gasteiger partial charge < -0.3 is 5.32 Å². The van der Waals surface area contributed by atoms with Crippen molar-refractivity contribution in [2.75, 3.05) is 5.32 Å². The Morgan fingerprint density at radius 1 is 1.22 bits per heavy atom. The average molecular weight is 371 g/mol. The van der Waals surface area contributed by atoms with Crippen LogP contribution >= 0.6 is 31.9 Å². The third-order valence-electron chi connectivity index (χ3n) is 2.77. The molecule has 0 aliphatic rings. The van der Waals surface area contributed by atoms with Crippen LogP contribution in [0.3, 0.4) is 0 Å². The first-order valence-electron chi connectivity index (χ1n) is 5.75. The maximum absolute atomic E-state index is 11.9. The average Bonchev–Trinajstić information content (AvgIpc) is 2.41. The normalized spacial score (nSPS) is 12.4. The van der Waals surface area contributed by atoms with Crippen LogP contribution in [0.5, 0.6) is 0 Å². The molecular formula is C14H13Br2NO. The number of carbonyl (C=O) groups is 1. The van der Waals surface area contributed by atoms with Gasteiger partial charge in [0.15, 0.2) is 0 Å². The lowest BCUT2D eigenvalue weighted by atomic mass is 10.1. The van der Waals surface area contributed by atoms with Crippen LogP contribution in [-0.4, -0.2) is 10.7 Å². The van der Waals surface area contributed by atoms with E-state index >= 15 is 0 Å². The minimum Gasteiger partial charge on any atom is -0.325 e. The third kappa shape index (κ3) is 2.75. The summed E-state index contributed by atoms with van der Waals surface area (Å²) in [6.07, 6.45) is 0.764. The number of fused-ring (bicyclic) bond motifs is 1. The van der Waals surface area contributed by atoms with E-state index < -0.39 is 0 Å². The summed E-state index contributed by atoms with van der Waals surface area (Å²) in [6, 6.07) is 11.9. The summed E-state index contributed by atoms with van der Waals surface area (Å²) in [5.41, 5.74) is 0.844. The van der Waals surface area contributed by atoms with Crippen molar-refractivity contribution in [1.29, 1.82) is 0 Å². The molecular weight excluding hydrogens is 358 g/mol. The maximum Gasteiger partial charge on any atom is 0.238 e. The molecule has 2 aromatic carbocycles. The van der Waals surface area contributed by atoms with E-state index in [0.29, 0.717) is 0 Å². The first-order chi connectivity index (χ1) is 8.63. The standard InChI is InChI=1S/C14H13Br2NO/c1-2-11(15)14(18)17-13-8-7-12(16)9-5-3-4-6-10(9)13/h3-8,11H,2H2,1H3,(H,17,18). The van der Waals surface area contributed by atoms with Crippen molar-refractivity contribution in [3.05, 3.63) is 40.9 Å². The molecule has 0 heterocycles. The molecule has 1 N–H and O–H groups in total. The van der Waals surface area contributed by atoms with Gasteiger partial charge in [-0.05, 0) is 23.9 Å². The van der Waals surface area contributed by atoms with Gasteiger partial charge in [0.1, 0.15) is 0 Å². The molecule has 2 aromatic rings. The van der Waals surface area contributed by atoms with Gasteiger partial charge >= 0.3 is 0 Å². The highest BCUT2D eigenvalue weighted by Crippen LogP contribution is 2.30. The van der Waals surface area contributed by atoms with Gasteiger partial charge in [0, 0.05) is 15.5 Å². The zero-order chi connectivity index (χ0) is 13.1. The number of rotatable bonds is 3. The van der Waals surface area contributed by atoms with Gasteiger partial charge in [-0.3, -0.25) is 4.79 Å². The van der Waals surface area contributed by atoms with Gasteiger partial charge in [0.2, 0.25) is 5.91 Å². The Bertz CT molecular complexity index is 583. The highest BCUT2D eigenvalue weighted by Gasteiger charge is 2.13. The highest BCUT2D eigenvalue weighted by atomic mass is 79.9. The van der Waals surface area contributed by atoms with Crippen molar-refractivity contribution in [1.82, 2.24) is 0 Å². The van der Waals surface area contributed by atoms with Crippen molar-refractivity contribution in [2.45, 2.75) is 18.2 Å². The van der Waals surface area contributed by atoms with Crippen LogP contribution in [-0.2, 0) is 4.79 Å². The Kier molecular flexibility index (Phi) is 4.40. The fraction of sp³-hybridized carbons (Fsp3) is 0.214. The predicted molar refractivity (Wildman–Crippen MR) is 83.3 cm³/mol. The van der Waals surface area contributed by atoms with Crippen molar-refractivity contribution < 1.29 is 4.79 Å². The van der Waals surface area contributed by atoms with E-state index in [-0.39, 0.29) is 10.7 Å². The van der Waals surface area contributed by atoms with Crippen LogP contribution in [0.1, 0.15) is 13.3 Å². The summed E-state index contributed by atoms with van der Waals surface area (Å²) >= 11 is 6.87. The maximum atomic E-state index is 11.9. The second-order valence-corrected chi connectivity index (χ2v) is 5.97. The Morgan fingerprint density at radius 3 is 2.56 bits per heavy atom. The van der Waals surface area contributed by atoms with E-state index in [1.54, 1.807) is 0 Å². The van der Waals surface area contributed by atoms with Crippen LogP contribution in [0.2, 0.25) is 0 Å². The number of hydrogen-bond acceptors (Lipinski definition) is 1. The smallest absolute Gasteiger partial charge is 0.238 e. The van der Waals surface area contributed by atoms with Crippen LogP contribution in [0.15, 0.2) is 40.9 Å². The molecule has 0 saturated carbocycles. The van der Waals surface area contributed by atoms with Crippen molar-refractivity contribution >= 4 is 54.2 Å². The van der Waals surface area contributed by atoms with Crippen molar-refractivity contribution in [3.63, 3.8) is 0 Å². The van der Waals surface area contributed by atoms with Crippen LogP contribution < -0.4 is 5.32 Å². The van der Waals surface area contributed by atoms with E-state index in [1.807, 2.05) is 43.3 Å². The topological polar surface area (TPSA) is 29.1 Å². The van der Waals surface area contributed by atoms with Crippen LogP contribution in [0.25, 0.3) is 10.8 Å². The van der Waals surface area contributed by atoms with E-state index in [0.717, 1.165) is 27.4 Å². The molecule has 2 nitrogen and oxygen atoms in total. The Balaban J connectivity index is 2.40. The molecule has 0 radical (unpaired) electrons. The largest absolute Gasteiger partial charge is 0.325 e. The number of alkyl halides is 1. The zero-order valence-corrected chi connectivity index (χ0v) is 13.1. The van der Waals surface area contributed by atoms with Gasteiger partial charge in [0.25, 0.3) is 0 Å². The number of halogens is 2. The molecule has 0 aliphatic carbocycles. The molecule has 0 aromatic heterocycles. The minimum atomic E-state index is -0.153. The molecule has 0 saturated heterocycles. The second-order valence-electron chi connectivity index (χ2n) is 4.01. The van der Waals surface area contributed by atoms with Crippen LogP contribution in [0.4, 0.5) is 5.69 Å². The SMILES string of the molecule is CCC(Br)C(=O)Nc1ccc(Br)c2ccccc12. The van der Waals surface area contributed by atoms with Crippen molar-refractivity contribution in [3.8, 4) is 0 Å². The molecule has 94 valence electrons. The molecule has 0 spiro atoms. The molecule has 1 atom stereocenters. The fourth-order valence-corrected chi connectivity index (χ4v) is 2.36. The monoisotopic (exact) mass is 369 g/mol. The first kappa shape index (κ1) is 13.6. The predicted octanol–water partition coefficient (Wildman–Crippen LogP) is 4.71. The summed E-state index contributed by atoms with van der Waals surface area (Å²) < 4.78 is 1.03. The first-order valence-corrected chi connectivity index (χ1v) is 7.46. The summed E-state index contributed by atoms with van der Waals surface area (Å²) in [7, 11) is 0. The number of amides is 1. The van der Waals surface area contributed by atoms with E-state index in [9.17, 15) is 4.79 Å². The van der Waals surface area contributed by atoms with Gasteiger partial charge in [-0.2, -0.15) is 0 Å². The number of hydrogen-bond donors (Lipinski definition) is 1. The Labute approximate surface area is 123 Å². The fourth-order valence-electron chi connectivity index (χ4n) is 1.77. The van der Waals surface area contributed by atoms with Crippen LogP contribution in [0, 0.1) is 0 Å². The van der Waals surface area contributed by atoms with E-state index in [2.05, 4.69) is 37.2 Å². The molecule has 0 bridgehead atoms. The molecule has 4 heteroatoms. The third-order valence-corrected chi connectivity index (χ3v) is 4.53. The summed E-state index contributed by atoms with van der Waals surface area (Å²) in [6.45, 7) is 1.97. The summed E-state index contributed by atoms with van der Waals surface area (Å²) in [5.74, 6) is -0.00928. The van der Waals surface area contributed by atoms with Gasteiger partial charge in [-0.1, -0.05) is 63.0 Å². The van der Waals surface area contributed by atoms with E-state index in [4.69, 9.17) is 0 Å². The van der Waals surface area contributed by atoms with Crippen molar-refractivity contribution in [2.24, 2.45) is 0 Å². The van der Waals surface area contributed by atoms with Gasteiger partial charge in [0.05, 0.1) is 4.83 Å².